The molecule has 0 aliphatic carbocycles. The van der Waals surface area contributed by atoms with Gasteiger partial charge in [-0.15, -0.1) is 0 Å². The van der Waals surface area contributed by atoms with E-state index in [4.69, 9.17) is 4.74 Å². The summed E-state index contributed by atoms with van der Waals surface area (Å²) < 4.78 is 6.34. The van der Waals surface area contributed by atoms with Crippen LogP contribution in [-0.4, -0.2) is 31.2 Å². The summed E-state index contributed by atoms with van der Waals surface area (Å²) in [4.78, 5) is 24.2. The van der Waals surface area contributed by atoms with Crippen LogP contribution < -0.4 is 15.5 Å². The lowest BCUT2D eigenvalue weighted by atomic mass is 10.0. The Kier molecular flexibility index (Phi) is 6.97. The number of carbonyl (C=O) groups excluding carboxylic acids is 2. The third-order valence-corrected chi connectivity index (χ3v) is 4.83. The van der Waals surface area contributed by atoms with Gasteiger partial charge in [-0.3, -0.25) is 9.59 Å². The zero-order valence-corrected chi connectivity index (χ0v) is 17.4. The molecule has 0 spiro atoms. The minimum atomic E-state index is -0.431. The molecule has 0 saturated carbocycles. The molecule has 2 amide bonds. The minimum Gasteiger partial charge on any atom is -0.493 e. The molecule has 0 aliphatic rings. The predicted octanol–water partition coefficient (Wildman–Crippen LogP) is 3.88. The highest BCUT2D eigenvalue weighted by Gasteiger charge is 2.11. The van der Waals surface area contributed by atoms with Crippen molar-refractivity contribution >= 4 is 44.7 Å². The first-order valence-electron chi connectivity index (χ1n) is 9.09. The van der Waals surface area contributed by atoms with Gasteiger partial charge in [-0.1, -0.05) is 42.5 Å². The molecular weight excluding hydrogens is 434 g/mol. The van der Waals surface area contributed by atoms with E-state index in [2.05, 4.69) is 31.8 Å². The number of hydrogen-bond donors (Lipinski definition) is 2. The Hall–Kier alpha value is -3.19. The molecule has 0 bridgehead atoms. The fourth-order valence-electron chi connectivity index (χ4n) is 2.80. The van der Waals surface area contributed by atoms with E-state index in [1.54, 1.807) is 24.4 Å². The molecule has 7 heteroatoms. The van der Waals surface area contributed by atoms with E-state index in [-0.39, 0.29) is 12.5 Å². The van der Waals surface area contributed by atoms with Crippen molar-refractivity contribution in [3.8, 4) is 5.75 Å². The lowest BCUT2D eigenvalue weighted by Gasteiger charge is -2.10. The van der Waals surface area contributed by atoms with Crippen molar-refractivity contribution in [1.82, 2.24) is 10.7 Å². The normalized spacial score (nSPS) is 10.8. The Morgan fingerprint density at radius 2 is 1.83 bits per heavy atom. The summed E-state index contributed by atoms with van der Waals surface area (Å²) in [6.07, 6.45) is 1.56. The quantitative estimate of drug-likeness (QED) is 0.420. The van der Waals surface area contributed by atoms with Crippen LogP contribution in [0.3, 0.4) is 0 Å². The van der Waals surface area contributed by atoms with Crippen LogP contribution in [0.15, 0.2) is 70.2 Å². The van der Waals surface area contributed by atoms with Gasteiger partial charge in [0, 0.05) is 10.0 Å². The van der Waals surface area contributed by atoms with E-state index < -0.39 is 5.91 Å². The Morgan fingerprint density at radius 3 is 2.62 bits per heavy atom. The summed E-state index contributed by atoms with van der Waals surface area (Å²) in [6, 6.07) is 18.7. The van der Waals surface area contributed by atoms with Gasteiger partial charge in [0.1, 0.15) is 5.75 Å². The van der Waals surface area contributed by atoms with Gasteiger partial charge in [0.25, 0.3) is 11.8 Å². The second-order valence-electron chi connectivity index (χ2n) is 6.09. The molecule has 0 heterocycles. The number of amides is 2. The molecule has 0 atom stereocenters. The van der Waals surface area contributed by atoms with E-state index >= 15 is 0 Å². The van der Waals surface area contributed by atoms with E-state index in [0.717, 1.165) is 16.3 Å². The van der Waals surface area contributed by atoms with Crippen LogP contribution in [0.5, 0.6) is 5.75 Å². The number of hydrazone groups is 1. The van der Waals surface area contributed by atoms with E-state index in [1.807, 2.05) is 49.4 Å². The molecule has 29 heavy (non-hydrogen) atoms. The highest BCUT2D eigenvalue weighted by molar-refractivity contribution is 9.10. The van der Waals surface area contributed by atoms with Crippen molar-refractivity contribution in [2.75, 3.05) is 13.2 Å². The van der Waals surface area contributed by atoms with Crippen molar-refractivity contribution in [3.63, 3.8) is 0 Å². The van der Waals surface area contributed by atoms with Crippen LogP contribution in [0.1, 0.15) is 22.8 Å². The number of hydrogen-bond acceptors (Lipinski definition) is 4. The number of halogens is 1. The molecular formula is C22H20BrN3O3. The maximum absolute atomic E-state index is 12.2. The fraction of sp³-hybridized carbons (Fsp3) is 0.136. The van der Waals surface area contributed by atoms with Crippen molar-refractivity contribution in [2.24, 2.45) is 5.10 Å². The third-order valence-electron chi connectivity index (χ3n) is 4.14. The molecule has 3 aromatic carbocycles. The zero-order chi connectivity index (χ0) is 20.6. The SMILES string of the molecule is CCOc1ccc2ccccc2c1C=NNC(=O)CNC(=O)c1ccccc1Br. The lowest BCUT2D eigenvalue weighted by molar-refractivity contribution is -0.120. The predicted molar refractivity (Wildman–Crippen MR) is 117 cm³/mol. The first-order chi connectivity index (χ1) is 14.1. The van der Waals surface area contributed by atoms with Gasteiger partial charge in [0.2, 0.25) is 0 Å². The average molecular weight is 454 g/mol. The topological polar surface area (TPSA) is 79.8 Å². The van der Waals surface area contributed by atoms with Crippen LogP contribution in [0, 0.1) is 0 Å². The summed E-state index contributed by atoms with van der Waals surface area (Å²) in [7, 11) is 0. The Bertz CT molecular complexity index is 1070. The second kappa shape index (κ2) is 9.84. The fourth-order valence-corrected chi connectivity index (χ4v) is 3.26. The first-order valence-corrected chi connectivity index (χ1v) is 9.88. The smallest absolute Gasteiger partial charge is 0.259 e. The van der Waals surface area contributed by atoms with Crippen molar-refractivity contribution in [1.29, 1.82) is 0 Å². The maximum Gasteiger partial charge on any atom is 0.259 e. The van der Waals surface area contributed by atoms with Gasteiger partial charge in [-0.2, -0.15) is 5.10 Å². The highest BCUT2D eigenvalue weighted by Crippen LogP contribution is 2.26. The number of fused-ring (bicyclic) bond motifs is 1. The molecule has 0 fully saturated rings. The minimum absolute atomic E-state index is 0.189. The molecule has 6 nitrogen and oxygen atoms in total. The molecule has 0 radical (unpaired) electrons. The molecule has 2 N–H and O–H groups in total. The third kappa shape index (κ3) is 5.20. The molecule has 3 rings (SSSR count). The number of nitrogens with one attached hydrogen (secondary N) is 2. The van der Waals surface area contributed by atoms with Crippen molar-refractivity contribution in [2.45, 2.75) is 6.92 Å². The van der Waals surface area contributed by atoms with E-state index in [0.29, 0.717) is 22.4 Å². The Morgan fingerprint density at radius 1 is 1.07 bits per heavy atom. The van der Waals surface area contributed by atoms with Crippen LogP contribution in [0.25, 0.3) is 10.8 Å². The monoisotopic (exact) mass is 453 g/mol. The van der Waals surface area contributed by atoms with Gasteiger partial charge < -0.3 is 10.1 Å². The number of benzene rings is 3. The Balaban J connectivity index is 1.65. The molecule has 0 saturated heterocycles. The van der Waals surface area contributed by atoms with E-state index in [9.17, 15) is 9.59 Å². The van der Waals surface area contributed by atoms with Crippen LogP contribution >= 0.6 is 15.9 Å². The second-order valence-corrected chi connectivity index (χ2v) is 6.94. The van der Waals surface area contributed by atoms with Gasteiger partial charge in [-0.25, -0.2) is 5.43 Å². The highest BCUT2D eigenvalue weighted by atomic mass is 79.9. The zero-order valence-electron chi connectivity index (χ0n) is 15.8. The van der Waals surface area contributed by atoms with Gasteiger partial charge in [0.15, 0.2) is 0 Å². The number of ether oxygens (including phenoxy) is 1. The summed E-state index contributed by atoms with van der Waals surface area (Å²) in [5, 5.41) is 8.62. The van der Waals surface area contributed by atoms with Crippen LogP contribution in [0.2, 0.25) is 0 Å². The summed E-state index contributed by atoms with van der Waals surface area (Å²) >= 11 is 3.31. The van der Waals surface area contributed by atoms with E-state index in [1.165, 1.54) is 0 Å². The summed E-state index contributed by atoms with van der Waals surface area (Å²) in [5.41, 5.74) is 3.67. The largest absolute Gasteiger partial charge is 0.493 e. The average Bonchev–Trinajstić information content (AvgIpc) is 2.73. The van der Waals surface area contributed by atoms with Crippen molar-refractivity contribution in [3.05, 3.63) is 76.3 Å². The number of nitrogens with zero attached hydrogens (tertiary/aromatic N) is 1. The van der Waals surface area contributed by atoms with Crippen LogP contribution in [-0.2, 0) is 4.79 Å². The summed E-state index contributed by atoms with van der Waals surface area (Å²) in [6.45, 7) is 2.24. The lowest BCUT2D eigenvalue weighted by Crippen LogP contribution is -2.35. The molecule has 0 aliphatic heterocycles. The first kappa shape index (κ1) is 20.5. The summed E-state index contributed by atoms with van der Waals surface area (Å²) in [5.74, 6) is -0.0874. The molecule has 148 valence electrons. The van der Waals surface area contributed by atoms with Gasteiger partial charge in [-0.05, 0) is 51.8 Å². The molecule has 3 aromatic rings. The van der Waals surface area contributed by atoms with Gasteiger partial charge >= 0.3 is 0 Å². The Labute approximate surface area is 177 Å². The number of carbonyl (C=O) groups is 2. The van der Waals surface area contributed by atoms with Crippen LogP contribution in [0.4, 0.5) is 0 Å². The number of rotatable bonds is 7. The standard InChI is InChI=1S/C22H20BrN3O3/c1-2-29-20-12-11-15-7-3-4-8-16(15)18(20)13-25-26-21(27)14-24-22(28)17-9-5-6-10-19(17)23/h3-13H,2,14H2,1H3,(H,24,28)(H,26,27). The molecule has 0 aromatic heterocycles. The molecule has 0 unspecified atom stereocenters. The van der Waals surface area contributed by atoms with Gasteiger partial charge in [0.05, 0.1) is 24.9 Å². The van der Waals surface area contributed by atoms with Crippen molar-refractivity contribution < 1.29 is 14.3 Å². The maximum atomic E-state index is 12.2.